The van der Waals surface area contributed by atoms with Crippen molar-refractivity contribution in [3.63, 3.8) is 0 Å². The predicted octanol–water partition coefficient (Wildman–Crippen LogP) is 5.85. The lowest BCUT2D eigenvalue weighted by Crippen LogP contribution is -2.27. The van der Waals surface area contributed by atoms with Crippen LogP contribution < -0.4 is 0 Å². The molecule has 0 atom stereocenters. The summed E-state index contributed by atoms with van der Waals surface area (Å²) in [5.74, 6) is 0. The van der Waals surface area contributed by atoms with Gasteiger partial charge in [-0.1, -0.05) is 56.3 Å². The maximum atomic E-state index is 11.6. The number of rotatable bonds is 2. The molecule has 0 fully saturated rings. The normalized spacial score (nSPS) is 14.1. The Bertz CT molecular complexity index is 1230. The molecule has 0 radical (unpaired) electrons. The zero-order valence-electron chi connectivity index (χ0n) is 15.1. The second-order valence-electron chi connectivity index (χ2n) is 7.53. The van der Waals surface area contributed by atoms with E-state index in [1.807, 2.05) is 18.2 Å². The summed E-state index contributed by atoms with van der Waals surface area (Å²) in [6.07, 6.45) is 2.09. The van der Waals surface area contributed by atoms with Crippen LogP contribution in [0.5, 0.6) is 0 Å². The molecule has 1 aliphatic heterocycles. The molecule has 5 rings (SSSR count). The summed E-state index contributed by atoms with van der Waals surface area (Å²) in [5, 5.41) is 12.8. The molecule has 27 heavy (non-hydrogen) atoms. The van der Waals surface area contributed by atoms with E-state index >= 15 is 0 Å². The van der Waals surface area contributed by atoms with E-state index < -0.39 is 0 Å². The van der Waals surface area contributed by atoms with Crippen molar-refractivity contribution in [1.82, 2.24) is 4.57 Å². The molecule has 0 saturated carbocycles. The van der Waals surface area contributed by atoms with Gasteiger partial charge in [0.25, 0.3) is 5.69 Å². The van der Waals surface area contributed by atoms with E-state index in [-0.39, 0.29) is 16.0 Å². The highest BCUT2D eigenvalue weighted by molar-refractivity contribution is 5.96. The highest BCUT2D eigenvalue weighted by atomic mass is 16.6. The van der Waals surface area contributed by atoms with E-state index in [4.69, 9.17) is 0 Å². The van der Waals surface area contributed by atoms with Crippen molar-refractivity contribution in [3.05, 3.63) is 94.2 Å². The third kappa shape index (κ3) is 2.04. The first-order valence-corrected chi connectivity index (χ1v) is 8.98. The molecule has 0 amide bonds. The van der Waals surface area contributed by atoms with Gasteiger partial charge in [-0.2, -0.15) is 0 Å². The van der Waals surface area contributed by atoms with Crippen LogP contribution in [0.2, 0.25) is 0 Å². The highest BCUT2D eigenvalue weighted by Gasteiger charge is 2.36. The summed E-state index contributed by atoms with van der Waals surface area (Å²) in [4.78, 5) is 11.4. The molecule has 2 heterocycles. The largest absolute Gasteiger partial charge is 0.316 e. The third-order valence-electron chi connectivity index (χ3n) is 5.71. The van der Waals surface area contributed by atoms with E-state index in [0.29, 0.717) is 5.56 Å². The van der Waals surface area contributed by atoms with E-state index in [1.54, 1.807) is 12.1 Å². The van der Waals surface area contributed by atoms with E-state index in [1.165, 1.54) is 11.3 Å². The van der Waals surface area contributed by atoms with Crippen LogP contribution in [0.1, 0.15) is 25.0 Å². The Morgan fingerprint density at radius 2 is 1.63 bits per heavy atom. The van der Waals surface area contributed by atoms with Gasteiger partial charge in [0, 0.05) is 28.8 Å². The maximum Gasteiger partial charge on any atom is 0.277 e. The number of fused-ring (bicyclic) bond motifs is 2. The van der Waals surface area contributed by atoms with Gasteiger partial charge in [-0.25, -0.2) is 0 Å². The summed E-state index contributed by atoms with van der Waals surface area (Å²) in [5.41, 5.74) is 6.12. The zero-order valence-corrected chi connectivity index (χ0v) is 15.1. The number of nitrogens with zero attached hydrogens (tertiary/aromatic N) is 2. The fourth-order valence-electron chi connectivity index (χ4n) is 4.50. The van der Waals surface area contributed by atoms with Gasteiger partial charge in [-0.15, -0.1) is 0 Å². The maximum absolute atomic E-state index is 11.6. The molecule has 0 spiro atoms. The number of hydrogen-bond acceptors (Lipinski definition) is 2. The van der Waals surface area contributed by atoms with Crippen molar-refractivity contribution in [1.29, 1.82) is 0 Å². The predicted molar refractivity (Wildman–Crippen MR) is 107 cm³/mol. The van der Waals surface area contributed by atoms with Crippen molar-refractivity contribution in [2.45, 2.75) is 19.3 Å². The third-order valence-corrected chi connectivity index (χ3v) is 5.71. The average Bonchev–Trinajstić information content (AvgIpc) is 3.10. The summed E-state index contributed by atoms with van der Waals surface area (Å²) >= 11 is 0. The number of benzene rings is 3. The van der Waals surface area contributed by atoms with Gasteiger partial charge in [-0.05, 0) is 34.9 Å². The second kappa shape index (κ2) is 5.30. The van der Waals surface area contributed by atoms with Crippen LogP contribution in [0.25, 0.3) is 27.7 Å². The minimum Gasteiger partial charge on any atom is -0.316 e. The Labute approximate surface area is 156 Å². The second-order valence-corrected chi connectivity index (χ2v) is 7.53. The Morgan fingerprint density at radius 3 is 2.44 bits per heavy atom. The molecule has 4 aromatic rings. The van der Waals surface area contributed by atoms with Gasteiger partial charge in [0.05, 0.1) is 16.0 Å². The molecule has 0 saturated heterocycles. The van der Waals surface area contributed by atoms with E-state index in [9.17, 15) is 10.1 Å². The lowest BCUT2D eigenvalue weighted by molar-refractivity contribution is -0.384. The quantitative estimate of drug-likeness (QED) is 0.335. The fraction of sp³-hybridized carbons (Fsp3) is 0.130. The summed E-state index contributed by atoms with van der Waals surface area (Å²) in [7, 11) is 0. The van der Waals surface area contributed by atoms with Crippen molar-refractivity contribution < 1.29 is 4.92 Å². The number of nitro benzene ring substituents is 1. The number of hydrogen-bond donors (Lipinski definition) is 0. The van der Waals surface area contributed by atoms with E-state index in [2.05, 4.69) is 61.0 Å². The molecule has 132 valence electrons. The monoisotopic (exact) mass is 354 g/mol. The van der Waals surface area contributed by atoms with Gasteiger partial charge >= 0.3 is 0 Å². The Morgan fingerprint density at radius 1 is 0.889 bits per heavy atom. The molecule has 0 N–H and O–H groups in total. The number of nitro groups is 1. The molecule has 0 bridgehead atoms. The van der Waals surface area contributed by atoms with Crippen LogP contribution in [0.15, 0.2) is 72.9 Å². The van der Waals surface area contributed by atoms with Gasteiger partial charge in [0.15, 0.2) is 0 Å². The molecule has 0 unspecified atom stereocenters. The molecule has 1 aromatic heterocycles. The Kier molecular flexibility index (Phi) is 3.11. The van der Waals surface area contributed by atoms with Crippen LogP contribution in [-0.2, 0) is 5.41 Å². The van der Waals surface area contributed by atoms with Crippen molar-refractivity contribution in [2.24, 2.45) is 0 Å². The van der Waals surface area contributed by atoms with Crippen molar-refractivity contribution in [3.8, 4) is 16.8 Å². The summed E-state index contributed by atoms with van der Waals surface area (Å²) in [6.45, 7) is 4.41. The smallest absolute Gasteiger partial charge is 0.277 e. The standard InChI is InChI=1S/C23H18N2O2/c1-23(2)18-8-4-6-10-20(18)24-14-13-15-11-12-17(21(23)22(15)24)16-7-3-5-9-19(16)25(26)27/h3-14H,1-2H3. The first kappa shape index (κ1) is 15.8. The zero-order chi connectivity index (χ0) is 18.8. The van der Waals surface area contributed by atoms with Crippen LogP contribution in [0.3, 0.4) is 0 Å². The first-order chi connectivity index (χ1) is 13.0. The summed E-state index contributed by atoms with van der Waals surface area (Å²) < 4.78 is 2.21. The molecular weight excluding hydrogens is 336 g/mol. The van der Waals surface area contributed by atoms with Crippen LogP contribution >= 0.6 is 0 Å². The van der Waals surface area contributed by atoms with Gasteiger partial charge < -0.3 is 4.57 Å². The minimum atomic E-state index is -0.297. The molecular formula is C23H18N2O2. The average molecular weight is 354 g/mol. The highest BCUT2D eigenvalue weighted by Crippen LogP contribution is 2.49. The van der Waals surface area contributed by atoms with E-state index in [0.717, 1.165) is 22.0 Å². The lowest BCUT2D eigenvalue weighted by Gasteiger charge is -2.36. The fourth-order valence-corrected chi connectivity index (χ4v) is 4.50. The number of aromatic nitrogens is 1. The molecule has 0 aliphatic carbocycles. The van der Waals surface area contributed by atoms with Crippen molar-refractivity contribution in [2.75, 3.05) is 0 Å². The Hall–Kier alpha value is -3.40. The summed E-state index contributed by atoms with van der Waals surface area (Å²) in [6, 6.07) is 21.6. The van der Waals surface area contributed by atoms with Crippen LogP contribution in [0, 0.1) is 10.1 Å². The van der Waals surface area contributed by atoms with Gasteiger partial charge in [0.2, 0.25) is 0 Å². The molecule has 3 aromatic carbocycles. The number of para-hydroxylation sites is 2. The molecule has 4 nitrogen and oxygen atoms in total. The Balaban J connectivity index is 1.95. The van der Waals surface area contributed by atoms with Crippen molar-refractivity contribution >= 4 is 16.6 Å². The topological polar surface area (TPSA) is 48.1 Å². The van der Waals surface area contributed by atoms with Gasteiger partial charge in [-0.3, -0.25) is 10.1 Å². The van der Waals surface area contributed by atoms with Crippen LogP contribution in [-0.4, -0.2) is 9.49 Å². The lowest BCUT2D eigenvalue weighted by atomic mass is 9.72. The van der Waals surface area contributed by atoms with Gasteiger partial charge in [0.1, 0.15) is 0 Å². The molecule has 1 aliphatic rings. The first-order valence-electron chi connectivity index (χ1n) is 8.98. The SMILES string of the molecule is CC1(C)c2ccccc2-n2ccc3ccc(-c4ccccc4[N+](=O)[O-])c1c32. The molecule has 4 heteroatoms. The minimum absolute atomic E-state index is 0.140. The van der Waals surface area contributed by atoms with Crippen LogP contribution in [0.4, 0.5) is 5.69 Å².